The van der Waals surface area contributed by atoms with E-state index < -0.39 is 0 Å². The highest BCUT2D eigenvalue weighted by Crippen LogP contribution is 2.41. The second-order valence-electron chi connectivity index (χ2n) is 10.3. The van der Waals surface area contributed by atoms with E-state index in [4.69, 9.17) is 0 Å². The van der Waals surface area contributed by atoms with Gasteiger partial charge in [-0.1, -0.05) is 31.7 Å². The van der Waals surface area contributed by atoms with Crippen molar-refractivity contribution in [3.63, 3.8) is 0 Å². The second kappa shape index (κ2) is 11.3. The van der Waals surface area contributed by atoms with Gasteiger partial charge in [0.05, 0.1) is 17.3 Å². The zero-order valence-electron chi connectivity index (χ0n) is 22.2. The highest BCUT2D eigenvalue weighted by Gasteiger charge is 2.39. The molecule has 1 aromatic heterocycles. The van der Waals surface area contributed by atoms with Crippen LogP contribution >= 0.6 is 15.9 Å². The number of hydrogen-bond acceptors (Lipinski definition) is 4. The Balaban J connectivity index is 1.56. The number of fused-ring (bicyclic) bond motifs is 1. The van der Waals surface area contributed by atoms with Gasteiger partial charge in [-0.15, -0.1) is 0 Å². The van der Waals surface area contributed by atoms with Crippen LogP contribution in [-0.4, -0.2) is 52.3 Å². The summed E-state index contributed by atoms with van der Waals surface area (Å²) >= 11 is 3.41. The summed E-state index contributed by atoms with van der Waals surface area (Å²) in [5, 5.41) is 3.72. The van der Waals surface area contributed by atoms with Gasteiger partial charge in [-0.3, -0.25) is 9.59 Å². The monoisotopic (exact) mass is 574 g/mol. The second-order valence-corrected chi connectivity index (χ2v) is 11.1. The van der Waals surface area contributed by atoms with Crippen LogP contribution in [0.3, 0.4) is 0 Å². The number of hydrogen-bond donors (Lipinski definition) is 1. The first-order valence-corrected chi connectivity index (χ1v) is 14.3. The van der Waals surface area contributed by atoms with Gasteiger partial charge < -0.3 is 15.1 Å². The molecular formula is C31H35BrN4O2. The Morgan fingerprint density at radius 1 is 1.13 bits per heavy atom. The lowest BCUT2D eigenvalue weighted by Crippen LogP contribution is -2.51. The molecule has 0 bridgehead atoms. The van der Waals surface area contributed by atoms with Gasteiger partial charge in [-0.05, 0) is 102 Å². The van der Waals surface area contributed by atoms with Gasteiger partial charge in [0.1, 0.15) is 4.60 Å². The van der Waals surface area contributed by atoms with Crippen LogP contribution in [-0.2, 0) is 4.79 Å². The highest BCUT2D eigenvalue weighted by molar-refractivity contribution is 9.10. The van der Waals surface area contributed by atoms with Crippen molar-refractivity contribution < 1.29 is 9.59 Å². The number of benzene rings is 1. The molecule has 2 aromatic rings. The number of allylic oxidation sites excluding steroid dienone is 1. The van der Waals surface area contributed by atoms with Crippen molar-refractivity contribution in [2.24, 2.45) is 0 Å². The summed E-state index contributed by atoms with van der Waals surface area (Å²) in [7, 11) is 0. The van der Waals surface area contributed by atoms with Crippen LogP contribution in [0.2, 0.25) is 0 Å². The number of nitrogens with one attached hydrogen (secondary N) is 1. The standard InChI is InChI=1S/C31H35BrN4O2/c1-4-6-23-15-17-35(29(37)5-2)19-27-30(23)26(34-24-11-9-22(10-12-24)21-7-8-21)16-18-36(27)31(38)25-13-14-28(32)33-20(25)3/h5-6,9-14,21,27,34H,2,4,7-8,15-19H2,1,3H3/b23-6+. The fourth-order valence-corrected chi connectivity index (χ4v) is 6.07. The number of carbonyl (C=O) groups excluding carboxylic acids is 2. The van der Waals surface area contributed by atoms with Gasteiger partial charge in [-0.2, -0.15) is 0 Å². The van der Waals surface area contributed by atoms with Gasteiger partial charge in [-0.25, -0.2) is 4.98 Å². The van der Waals surface area contributed by atoms with Crippen molar-refractivity contribution in [3.05, 3.63) is 93.4 Å². The highest BCUT2D eigenvalue weighted by atomic mass is 79.9. The number of aryl methyl sites for hydroxylation is 1. The van der Waals surface area contributed by atoms with Gasteiger partial charge in [0.2, 0.25) is 5.91 Å². The average molecular weight is 576 g/mol. The molecule has 1 aliphatic carbocycles. The Hall–Kier alpha value is -3.19. The maximum atomic E-state index is 14.0. The number of nitrogens with zero attached hydrogens (tertiary/aromatic N) is 3. The number of carbonyl (C=O) groups is 2. The molecule has 2 fully saturated rings. The quantitative estimate of drug-likeness (QED) is 0.322. The summed E-state index contributed by atoms with van der Waals surface area (Å²) in [6, 6.07) is 12.2. The van der Waals surface area contributed by atoms with Crippen molar-refractivity contribution in [3.8, 4) is 0 Å². The van der Waals surface area contributed by atoms with Crippen LogP contribution < -0.4 is 5.32 Å². The molecule has 1 saturated carbocycles. The number of rotatable bonds is 6. The van der Waals surface area contributed by atoms with E-state index in [2.05, 4.69) is 70.1 Å². The molecule has 0 radical (unpaired) electrons. The van der Waals surface area contributed by atoms with E-state index in [0.29, 0.717) is 41.9 Å². The Bertz CT molecular complexity index is 1310. The van der Waals surface area contributed by atoms with Crippen LogP contribution in [0.4, 0.5) is 5.69 Å². The van der Waals surface area contributed by atoms with Gasteiger partial charge in [0.25, 0.3) is 5.91 Å². The Morgan fingerprint density at radius 2 is 1.89 bits per heavy atom. The molecule has 3 heterocycles. The molecule has 1 saturated heterocycles. The smallest absolute Gasteiger partial charge is 0.256 e. The molecule has 5 rings (SSSR count). The Labute approximate surface area is 233 Å². The SMILES string of the molecule is C=CC(=O)N1CC/C(=C\CC)C2=C(Nc3ccc(C4CC4)cc3)CCN(C(=O)c3ccc(Br)nc3C)C2C1. The van der Waals surface area contributed by atoms with Crippen molar-refractivity contribution >= 4 is 33.4 Å². The summed E-state index contributed by atoms with van der Waals surface area (Å²) in [5.74, 6) is 0.559. The number of amides is 2. The maximum Gasteiger partial charge on any atom is 0.256 e. The molecule has 6 nitrogen and oxygen atoms in total. The lowest BCUT2D eigenvalue weighted by atomic mass is 9.88. The zero-order chi connectivity index (χ0) is 26.8. The number of halogens is 1. The lowest BCUT2D eigenvalue weighted by Gasteiger charge is -2.40. The molecule has 7 heteroatoms. The van der Waals surface area contributed by atoms with Crippen LogP contribution in [0, 0.1) is 6.92 Å². The topological polar surface area (TPSA) is 65.5 Å². The van der Waals surface area contributed by atoms with E-state index in [1.54, 1.807) is 0 Å². The Kier molecular flexibility index (Phi) is 7.84. The van der Waals surface area contributed by atoms with Crippen LogP contribution in [0.15, 0.2) is 76.6 Å². The average Bonchev–Trinajstić information content (AvgIpc) is 3.77. The largest absolute Gasteiger partial charge is 0.359 e. The molecule has 3 aliphatic rings. The molecule has 1 N–H and O–H groups in total. The van der Waals surface area contributed by atoms with E-state index >= 15 is 0 Å². The van der Waals surface area contributed by atoms with Crippen molar-refractivity contribution in [1.82, 2.24) is 14.8 Å². The molecule has 2 aliphatic heterocycles. The Morgan fingerprint density at radius 3 is 2.55 bits per heavy atom. The third-order valence-electron chi connectivity index (χ3n) is 7.76. The summed E-state index contributed by atoms with van der Waals surface area (Å²) in [4.78, 5) is 35.0. The third-order valence-corrected chi connectivity index (χ3v) is 8.20. The van der Waals surface area contributed by atoms with Crippen molar-refractivity contribution in [2.75, 3.05) is 25.0 Å². The van der Waals surface area contributed by atoms with Gasteiger partial charge >= 0.3 is 0 Å². The normalized spacial score (nSPS) is 20.7. The molecule has 0 spiro atoms. The number of pyridine rings is 1. The number of aromatic nitrogens is 1. The molecular weight excluding hydrogens is 540 g/mol. The van der Waals surface area contributed by atoms with Crippen molar-refractivity contribution in [2.45, 2.75) is 57.9 Å². The number of anilines is 1. The molecule has 198 valence electrons. The fourth-order valence-electron chi connectivity index (χ4n) is 5.67. The minimum absolute atomic E-state index is 0.0541. The van der Waals surface area contributed by atoms with E-state index in [1.807, 2.05) is 28.9 Å². The summed E-state index contributed by atoms with van der Waals surface area (Å²) < 4.78 is 0.704. The fraction of sp³-hybridized carbons (Fsp3) is 0.387. The van der Waals surface area contributed by atoms with Gasteiger partial charge in [0, 0.05) is 37.4 Å². The van der Waals surface area contributed by atoms with E-state index in [9.17, 15) is 9.59 Å². The first kappa shape index (κ1) is 26.4. The van der Waals surface area contributed by atoms with Gasteiger partial charge in [0.15, 0.2) is 0 Å². The van der Waals surface area contributed by atoms with Crippen molar-refractivity contribution in [1.29, 1.82) is 0 Å². The predicted molar refractivity (Wildman–Crippen MR) is 155 cm³/mol. The summed E-state index contributed by atoms with van der Waals surface area (Å²) in [6.07, 6.45) is 8.53. The van der Waals surface area contributed by atoms with E-state index in [0.717, 1.165) is 35.7 Å². The summed E-state index contributed by atoms with van der Waals surface area (Å²) in [5.41, 5.74) is 7.22. The zero-order valence-corrected chi connectivity index (χ0v) is 23.8. The predicted octanol–water partition coefficient (Wildman–Crippen LogP) is 6.37. The maximum absolute atomic E-state index is 14.0. The van der Waals surface area contributed by atoms with E-state index in [1.165, 1.54) is 30.1 Å². The van der Waals surface area contributed by atoms with Crippen LogP contribution in [0.25, 0.3) is 0 Å². The third kappa shape index (κ3) is 5.48. The van der Waals surface area contributed by atoms with E-state index in [-0.39, 0.29) is 17.9 Å². The molecule has 1 aromatic carbocycles. The molecule has 1 unspecified atom stereocenters. The van der Waals surface area contributed by atoms with Crippen LogP contribution in [0.1, 0.15) is 66.6 Å². The lowest BCUT2D eigenvalue weighted by molar-refractivity contribution is -0.126. The first-order chi connectivity index (χ1) is 18.4. The van der Waals surface area contributed by atoms with Crippen LogP contribution in [0.5, 0.6) is 0 Å². The molecule has 1 atom stereocenters. The molecule has 2 amide bonds. The number of likely N-dealkylation sites (tertiary alicyclic amines) is 1. The minimum Gasteiger partial charge on any atom is -0.359 e. The first-order valence-electron chi connectivity index (χ1n) is 13.5. The minimum atomic E-state index is -0.267. The molecule has 38 heavy (non-hydrogen) atoms. The summed E-state index contributed by atoms with van der Waals surface area (Å²) in [6.45, 7) is 9.30.